The molecule has 0 aliphatic rings. The zero-order valence-corrected chi connectivity index (χ0v) is 19.5. The monoisotopic (exact) mass is 504 g/mol. The number of aromatic nitrogens is 3. The second-order valence-electron chi connectivity index (χ2n) is 6.65. The lowest BCUT2D eigenvalue weighted by molar-refractivity contribution is -0.114. The predicted molar refractivity (Wildman–Crippen MR) is 129 cm³/mol. The van der Waals surface area contributed by atoms with Gasteiger partial charge in [0.25, 0.3) is 0 Å². The molecule has 162 valence electrons. The number of carbonyl (C=O) groups excluding carboxylic acids is 1. The highest BCUT2D eigenvalue weighted by Gasteiger charge is 2.20. The molecule has 31 heavy (non-hydrogen) atoms. The van der Waals surface area contributed by atoms with Crippen molar-refractivity contribution in [3.8, 4) is 11.4 Å². The molecule has 10 heteroatoms. The Balaban J connectivity index is 2.26. The van der Waals surface area contributed by atoms with Crippen LogP contribution in [0.25, 0.3) is 16.7 Å². The fourth-order valence-corrected chi connectivity index (χ4v) is 3.83. The summed E-state index contributed by atoms with van der Waals surface area (Å²) < 4.78 is 6.29. The Labute approximate surface area is 193 Å². The van der Waals surface area contributed by atoms with Crippen LogP contribution in [-0.4, -0.2) is 41.1 Å². The largest absolute Gasteiger partial charge is 0.494 e. The second-order valence-corrected chi connectivity index (χ2v) is 7.89. The number of nitrogens with two attached hydrogens (primary N) is 1. The van der Waals surface area contributed by atoms with Gasteiger partial charge in [0.1, 0.15) is 22.5 Å². The lowest BCUT2D eigenvalue weighted by atomic mass is 10.2. The van der Waals surface area contributed by atoms with Gasteiger partial charge in [-0.2, -0.15) is 0 Å². The third-order valence-corrected chi connectivity index (χ3v) is 5.45. The van der Waals surface area contributed by atoms with Gasteiger partial charge in [-0.05, 0) is 28.1 Å². The van der Waals surface area contributed by atoms with Crippen molar-refractivity contribution in [2.45, 2.75) is 6.92 Å². The lowest BCUT2D eigenvalue weighted by Crippen LogP contribution is -2.24. The molecule has 1 amide bonds. The fourth-order valence-electron chi connectivity index (χ4n) is 3.13. The van der Waals surface area contributed by atoms with Gasteiger partial charge in [-0.15, -0.1) is 28.2 Å². The van der Waals surface area contributed by atoms with E-state index in [2.05, 4.69) is 44.6 Å². The number of hydrogen-bond donors (Lipinski definition) is 2. The van der Waals surface area contributed by atoms with Gasteiger partial charge in [0, 0.05) is 30.6 Å². The Morgan fingerprint density at radius 3 is 2.52 bits per heavy atom. The number of benzene rings is 2. The third kappa shape index (κ3) is 4.52. The van der Waals surface area contributed by atoms with Crippen LogP contribution in [0.2, 0.25) is 5.02 Å². The molecule has 0 fully saturated rings. The van der Waals surface area contributed by atoms with E-state index in [1.807, 2.05) is 11.0 Å². The molecule has 0 radical (unpaired) electrons. The summed E-state index contributed by atoms with van der Waals surface area (Å²) in [5.41, 5.74) is 9.07. The number of rotatable bonds is 8. The number of ether oxygens (including phenoxy) is 1. The predicted octanol–water partition coefficient (Wildman–Crippen LogP) is 4.56. The van der Waals surface area contributed by atoms with Gasteiger partial charge in [0.2, 0.25) is 5.91 Å². The number of nitrogen functional groups attached to an aromatic ring is 1. The molecule has 0 bridgehead atoms. The summed E-state index contributed by atoms with van der Waals surface area (Å²) in [6.45, 7) is 10.2. The molecule has 3 N–H and O–H groups in total. The van der Waals surface area contributed by atoms with Crippen LogP contribution in [-0.2, 0) is 4.79 Å². The fraction of sp³-hybridized carbons (Fsp3) is 0.190. The first-order valence-corrected chi connectivity index (χ1v) is 10.4. The molecule has 1 heterocycles. The number of nitrogens with one attached hydrogen (secondary N) is 1. The van der Waals surface area contributed by atoms with Gasteiger partial charge in [-0.25, -0.2) is 0 Å². The number of hydrogen-bond acceptors (Lipinski definition) is 6. The van der Waals surface area contributed by atoms with Crippen LogP contribution >= 0.6 is 27.5 Å². The SMILES string of the molecule is C=CCN(CC=C)c1cc(NC(C)=O)c(-n2nc3c(Br)cc(N)c(Cl)c3n2)cc1OC. The van der Waals surface area contributed by atoms with Crippen molar-refractivity contribution in [3.05, 3.63) is 53.0 Å². The summed E-state index contributed by atoms with van der Waals surface area (Å²) in [7, 11) is 1.57. The third-order valence-electron chi connectivity index (χ3n) is 4.45. The Kier molecular flexibility index (Phi) is 6.87. The van der Waals surface area contributed by atoms with Crippen LogP contribution in [0, 0.1) is 0 Å². The van der Waals surface area contributed by atoms with E-state index in [-0.39, 0.29) is 5.91 Å². The number of methoxy groups -OCH3 is 1. The van der Waals surface area contributed by atoms with Crippen LogP contribution in [0.4, 0.5) is 17.1 Å². The van der Waals surface area contributed by atoms with E-state index in [1.165, 1.54) is 11.7 Å². The van der Waals surface area contributed by atoms with E-state index in [0.717, 1.165) is 5.69 Å². The summed E-state index contributed by atoms with van der Waals surface area (Å²) in [4.78, 5) is 15.3. The zero-order chi connectivity index (χ0) is 22.7. The Hall–Kier alpha value is -3.04. The molecule has 0 saturated heterocycles. The average molecular weight is 506 g/mol. The topological polar surface area (TPSA) is 98.3 Å². The van der Waals surface area contributed by atoms with E-state index in [4.69, 9.17) is 22.1 Å². The number of nitrogens with zero attached hydrogens (tertiary/aromatic N) is 4. The average Bonchev–Trinajstić information content (AvgIpc) is 3.17. The second kappa shape index (κ2) is 9.40. The van der Waals surface area contributed by atoms with Crippen molar-refractivity contribution >= 4 is 61.5 Å². The minimum absolute atomic E-state index is 0.239. The summed E-state index contributed by atoms with van der Waals surface area (Å²) in [5.74, 6) is 0.329. The van der Waals surface area contributed by atoms with Gasteiger partial charge >= 0.3 is 0 Å². The van der Waals surface area contributed by atoms with E-state index in [1.54, 1.807) is 31.4 Å². The van der Waals surface area contributed by atoms with E-state index < -0.39 is 0 Å². The van der Waals surface area contributed by atoms with Crippen molar-refractivity contribution in [2.75, 3.05) is 36.1 Å². The molecule has 0 aliphatic heterocycles. The molecule has 3 rings (SSSR count). The molecule has 0 atom stereocenters. The van der Waals surface area contributed by atoms with Crippen LogP contribution in [0.15, 0.2) is 48.0 Å². The molecule has 0 saturated carbocycles. The van der Waals surface area contributed by atoms with Crippen LogP contribution in [0.3, 0.4) is 0 Å². The number of fused-ring (bicyclic) bond motifs is 1. The minimum atomic E-state index is -0.239. The maximum absolute atomic E-state index is 11.9. The van der Waals surface area contributed by atoms with Crippen LogP contribution < -0.4 is 20.7 Å². The molecule has 1 aromatic heterocycles. The zero-order valence-electron chi connectivity index (χ0n) is 17.2. The lowest BCUT2D eigenvalue weighted by Gasteiger charge is -2.25. The molecule has 2 aromatic carbocycles. The van der Waals surface area contributed by atoms with Crippen molar-refractivity contribution < 1.29 is 9.53 Å². The van der Waals surface area contributed by atoms with E-state index >= 15 is 0 Å². The van der Waals surface area contributed by atoms with E-state index in [9.17, 15) is 4.79 Å². The highest BCUT2D eigenvalue weighted by atomic mass is 79.9. The maximum atomic E-state index is 11.9. The molecule has 0 spiro atoms. The van der Waals surface area contributed by atoms with Gasteiger partial charge in [0.05, 0.1) is 29.2 Å². The number of amides is 1. The van der Waals surface area contributed by atoms with Crippen molar-refractivity contribution in [1.82, 2.24) is 15.0 Å². The molecule has 0 aliphatic carbocycles. The number of halogens is 2. The summed E-state index contributed by atoms with van der Waals surface area (Å²) in [6, 6.07) is 5.23. The van der Waals surface area contributed by atoms with Gasteiger partial charge in [-0.3, -0.25) is 4.79 Å². The van der Waals surface area contributed by atoms with E-state index in [0.29, 0.717) is 56.4 Å². The van der Waals surface area contributed by atoms with Crippen molar-refractivity contribution in [3.63, 3.8) is 0 Å². The molecule has 8 nitrogen and oxygen atoms in total. The Morgan fingerprint density at radius 1 is 1.29 bits per heavy atom. The Bertz CT molecular complexity index is 1170. The number of anilines is 3. The van der Waals surface area contributed by atoms with Gasteiger partial charge in [-0.1, -0.05) is 23.8 Å². The van der Waals surface area contributed by atoms with Crippen LogP contribution in [0.5, 0.6) is 5.75 Å². The maximum Gasteiger partial charge on any atom is 0.221 e. The highest BCUT2D eigenvalue weighted by molar-refractivity contribution is 9.10. The quantitative estimate of drug-likeness (QED) is 0.344. The highest BCUT2D eigenvalue weighted by Crippen LogP contribution is 2.38. The van der Waals surface area contributed by atoms with Gasteiger partial charge in [0.15, 0.2) is 0 Å². The first kappa shape index (κ1) is 22.6. The summed E-state index contributed by atoms with van der Waals surface area (Å²) in [5, 5.41) is 12.2. The summed E-state index contributed by atoms with van der Waals surface area (Å²) >= 11 is 9.78. The molecular formula is C21H22BrClN6O2. The van der Waals surface area contributed by atoms with Crippen LogP contribution in [0.1, 0.15) is 6.92 Å². The van der Waals surface area contributed by atoms with Crippen molar-refractivity contribution in [2.24, 2.45) is 0 Å². The molecule has 3 aromatic rings. The first-order valence-electron chi connectivity index (χ1n) is 9.28. The molecule has 0 unspecified atom stereocenters. The normalized spacial score (nSPS) is 10.7. The minimum Gasteiger partial charge on any atom is -0.494 e. The number of carbonyl (C=O) groups is 1. The first-order chi connectivity index (χ1) is 14.8. The van der Waals surface area contributed by atoms with Gasteiger partial charge < -0.3 is 20.7 Å². The summed E-state index contributed by atoms with van der Waals surface area (Å²) in [6.07, 6.45) is 3.56. The Morgan fingerprint density at radius 2 is 1.94 bits per heavy atom. The molecular weight excluding hydrogens is 484 g/mol. The van der Waals surface area contributed by atoms with Crippen molar-refractivity contribution in [1.29, 1.82) is 0 Å². The standard InChI is InChI=1S/C21H22BrClN6O2/c1-5-7-28(8-6-2)17-10-15(25-12(3)30)16(11-18(17)31-4)29-26-20-13(22)9-14(24)19(23)21(20)27-29/h5-6,9-11H,1-2,7-8,24H2,3-4H3,(H,25,30). The smallest absolute Gasteiger partial charge is 0.221 e.